The lowest BCUT2D eigenvalue weighted by Crippen LogP contribution is -2.16. The number of hydrogen-bond donors (Lipinski definition) is 2. The van der Waals surface area contributed by atoms with E-state index in [9.17, 15) is 0 Å². The van der Waals surface area contributed by atoms with Gasteiger partial charge in [0.2, 0.25) is 0 Å². The van der Waals surface area contributed by atoms with Crippen molar-refractivity contribution in [2.24, 2.45) is 0 Å². The van der Waals surface area contributed by atoms with E-state index in [0.717, 1.165) is 53.7 Å². The van der Waals surface area contributed by atoms with Crippen LogP contribution in [0.25, 0.3) is 20.8 Å². The maximum Gasteiger partial charge on any atom is 0.124 e. The maximum atomic E-state index is 6.56. The zero-order valence-electron chi connectivity index (χ0n) is 16.5. The number of rotatable bonds is 4. The highest BCUT2D eigenvalue weighted by atomic mass is 35.5. The van der Waals surface area contributed by atoms with Crippen LogP contribution >= 0.6 is 35.3 Å². The Morgan fingerprint density at radius 3 is 2.70 bits per heavy atom. The summed E-state index contributed by atoms with van der Waals surface area (Å²) in [6.07, 6.45) is 2.06. The number of fused-ring (bicyclic) bond motifs is 2. The molecular weight excluding hydrogens is 433 g/mol. The molecule has 1 aliphatic heterocycles. The highest BCUT2D eigenvalue weighted by Gasteiger charge is 2.15. The van der Waals surface area contributed by atoms with Gasteiger partial charge in [0.05, 0.1) is 20.9 Å². The number of thiazole rings is 1. The Bertz CT molecular complexity index is 1160. The third kappa shape index (κ3) is 4.33. The Hall–Kier alpha value is -2.11. The monoisotopic (exact) mass is 455 g/mol. The zero-order chi connectivity index (χ0) is 19.6. The van der Waals surface area contributed by atoms with Crippen molar-refractivity contribution in [1.82, 2.24) is 10.3 Å². The molecule has 1 aromatic heterocycles. The Morgan fingerprint density at radius 1 is 1.00 bits per heavy atom. The highest BCUT2D eigenvalue weighted by molar-refractivity contribution is 7.21. The lowest BCUT2D eigenvalue weighted by atomic mass is 10.0. The largest absolute Gasteiger partial charge is 0.380 e. The van der Waals surface area contributed by atoms with E-state index in [1.165, 1.54) is 27.0 Å². The molecule has 0 saturated heterocycles. The van der Waals surface area contributed by atoms with Gasteiger partial charge in [-0.2, -0.15) is 0 Å². The molecule has 2 N–H and O–H groups in total. The topological polar surface area (TPSA) is 37.0 Å². The van der Waals surface area contributed by atoms with E-state index < -0.39 is 0 Å². The van der Waals surface area contributed by atoms with Crippen molar-refractivity contribution in [3.05, 3.63) is 82.4 Å². The van der Waals surface area contributed by atoms with Gasteiger partial charge in [-0.25, -0.2) is 4.98 Å². The van der Waals surface area contributed by atoms with Crippen molar-refractivity contribution in [2.45, 2.75) is 19.4 Å². The van der Waals surface area contributed by atoms with E-state index in [-0.39, 0.29) is 12.4 Å². The summed E-state index contributed by atoms with van der Waals surface area (Å²) in [6.45, 7) is 2.77. The van der Waals surface area contributed by atoms with Crippen LogP contribution in [0.15, 0.2) is 60.7 Å². The van der Waals surface area contributed by atoms with E-state index in [4.69, 9.17) is 16.6 Å². The van der Waals surface area contributed by atoms with Gasteiger partial charge < -0.3 is 10.6 Å². The second-order valence-corrected chi connectivity index (χ2v) is 8.79. The van der Waals surface area contributed by atoms with Gasteiger partial charge in [-0.3, -0.25) is 0 Å². The molecule has 0 radical (unpaired) electrons. The molecule has 5 rings (SSSR count). The first-order valence-corrected chi connectivity index (χ1v) is 11.2. The fourth-order valence-corrected chi connectivity index (χ4v) is 5.19. The summed E-state index contributed by atoms with van der Waals surface area (Å²) in [7, 11) is 0. The molecule has 0 spiro atoms. The summed E-state index contributed by atoms with van der Waals surface area (Å²) < 4.78 is 1.21. The van der Waals surface area contributed by atoms with Crippen molar-refractivity contribution < 1.29 is 0 Å². The minimum absolute atomic E-state index is 0. The summed E-state index contributed by atoms with van der Waals surface area (Å²) >= 11 is 8.30. The summed E-state index contributed by atoms with van der Waals surface area (Å²) in [6, 6.07) is 21.1. The molecule has 1 aliphatic rings. The van der Waals surface area contributed by atoms with Crippen LogP contribution in [0.1, 0.15) is 16.7 Å². The van der Waals surface area contributed by atoms with Crippen LogP contribution in [-0.4, -0.2) is 18.1 Å². The average molecular weight is 456 g/mol. The van der Waals surface area contributed by atoms with Crippen LogP contribution in [-0.2, 0) is 19.4 Å². The van der Waals surface area contributed by atoms with Crippen molar-refractivity contribution in [3.63, 3.8) is 0 Å². The fraction of sp³-hybridized carbons (Fsp3) is 0.208. The van der Waals surface area contributed by atoms with Gasteiger partial charge in [0.1, 0.15) is 5.01 Å². The molecule has 30 heavy (non-hydrogen) atoms. The first-order valence-electron chi connectivity index (χ1n) is 9.98. The van der Waals surface area contributed by atoms with Gasteiger partial charge in [-0.05, 0) is 60.8 Å². The second kappa shape index (κ2) is 9.36. The number of hydrogen-bond acceptors (Lipinski definition) is 4. The van der Waals surface area contributed by atoms with Crippen molar-refractivity contribution >= 4 is 51.2 Å². The van der Waals surface area contributed by atoms with E-state index in [1.807, 2.05) is 12.1 Å². The Balaban J connectivity index is 0.00000218. The van der Waals surface area contributed by atoms with Gasteiger partial charge >= 0.3 is 0 Å². The van der Waals surface area contributed by atoms with Gasteiger partial charge in [0.25, 0.3) is 0 Å². The molecule has 0 aliphatic carbocycles. The van der Waals surface area contributed by atoms with Crippen LogP contribution in [0.3, 0.4) is 0 Å². The average Bonchev–Trinajstić information content (AvgIpc) is 3.03. The number of aromatic nitrogens is 1. The lowest BCUT2D eigenvalue weighted by Gasteiger charge is -2.16. The summed E-state index contributed by atoms with van der Waals surface area (Å²) in [5, 5.41) is 8.95. The Morgan fingerprint density at radius 2 is 1.83 bits per heavy atom. The molecule has 0 fully saturated rings. The number of benzene rings is 3. The minimum atomic E-state index is 0. The van der Waals surface area contributed by atoms with Crippen molar-refractivity contribution in [2.75, 3.05) is 18.4 Å². The number of nitrogens with zero attached hydrogens (tertiary/aromatic N) is 1. The number of anilines is 1. The van der Waals surface area contributed by atoms with Crippen LogP contribution in [0.4, 0.5) is 5.69 Å². The number of halogens is 2. The summed E-state index contributed by atoms with van der Waals surface area (Å²) in [4.78, 5) is 4.79. The molecule has 0 amide bonds. The normalized spacial score (nSPS) is 13.4. The molecule has 0 bridgehead atoms. The molecule has 2 heterocycles. The third-order valence-corrected chi connectivity index (χ3v) is 6.81. The standard InChI is InChI=1S/C24H22ClN3S.ClH/c25-20-8-7-17-10-12-26-13-11-19(17)23(20)27-15-16-6-9-21-22(14-16)29-24(28-21)18-4-2-1-3-5-18;/h1-9,14,26-27H,10-13,15H2;1H. The molecule has 4 aromatic rings. The van der Waals surface area contributed by atoms with Crippen LogP contribution < -0.4 is 10.6 Å². The summed E-state index contributed by atoms with van der Waals surface area (Å²) in [5.41, 5.74) is 7.29. The molecule has 154 valence electrons. The molecule has 3 nitrogen and oxygen atoms in total. The first-order chi connectivity index (χ1) is 14.3. The molecule has 6 heteroatoms. The SMILES string of the molecule is Cl.Clc1ccc2c(c1NCc1ccc3nc(-c4ccccc4)sc3c1)CCNCC2. The number of nitrogens with one attached hydrogen (secondary N) is 2. The zero-order valence-corrected chi connectivity index (χ0v) is 18.8. The van der Waals surface area contributed by atoms with E-state index in [2.05, 4.69) is 59.2 Å². The predicted octanol–water partition coefficient (Wildman–Crippen LogP) is 6.34. The van der Waals surface area contributed by atoms with E-state index >= 15 is 0 Å². The Labute approximate surface area is 191 Å². The first kappa shape index (κ1) is 21.1. The van der Waals surface area contributed by atoms with Crippen molar-refractivity contribution in [3.8, 4) is 10.6 Å². The van der Waals surface area contributed by atoms with E-state index in [0.29, 0.717) is 0 Å². The predicted molar refractivity (Wildman–Crippen MR) is 131 cm³/mol. The van der Waals surface area contributed by atoms with Gasteiger partial charge in [-0.1, -0.05) is 54.1 Å². The highest BCUT2D eigenvalue weighted by Crippen LogP contribution is 2.33. The second-order valence-electron chi connectivity index (χ2n) is 7.35. The maximum absolute atomic E-state index is 6.56. The summed E-state index contributed by atoms with van der Waals surface area (Å²) in [5.74, 6) is 0. The van der Waals surface area contributed by atoms with E-state index in [1.54, 1.807) is 11.3 Å². The molecule has 0 saturated carbocycles. The van der Waals surface area contributed by atoms with Crippen LogP contribution in [0.2, 0.25) is 5.02 Å². The van der Waals surface area contributed by atoms with Crippen LogP contribution in [0.5, 0.6) is 0 Å². The fourth-order valence-electron chi connectivity index (χ4n) is 3.91. The molecule has 0 unspecified atom stereocenters. The Kier molecular flexibility index (Phi) is 6.59. The lowest BCUT2D eigenvalue weighted by molar-refractivity contribution is 0.711. The molecule has 3 aromatic carbocycles. The third-order valence-electron chi connectivity index (χ3n) is 5.42. The smallest absolute Gasteiger partial charge is 0.124 e. The van der Waals surface area contributed by atoms with Crippen LogP contribution in [0, 0.1) is 0 Å². The van der Waals surface area contributed by atoms with Gasteiger partial charge in [-0.15, -0.1) is 23.7 Å². The molecular formula is C24H23Cl2N3S. The van der Waals surface area contributed by atoms with Gasteiger partial charge in [0, 0.05) is 12.1 Å². The molecule has 0 atom stereocenters. The minimum Gasteiger partial charge on any atom is -0.380 e. The quantitative estimate of drug-likeness (QED) is 0.376. The van der Waals surface area contributed by atoms with Crippen molar-refractivity contribution in [1.29, 1.82) is 0 Å². The van der Waals surface area contributed by atoms with Gasteiger partial charge in [0.15, 0.2) is 0 Å².